The van der Waals surface area contributed by atoms with Crippen molar-refractivity contribution in [2.24, 2.45) is 16.7 Å². The van der Waals surface area contributed by atoms with Crippen molar-refractivity contribution in [2.75, 3.05) is 14.2 Å². The van der Waals surface area contributed by atoms with Gasteiger partial charge in [-0.15, -0.1) is 6.58 Å². The molecule has 2 saturated carbocycles. The molecule has 11 nitrogen and oxygen atoms in total. The van der Waals surface area contributed by atoms with Crippen molar-refractivity contribution >= 4 is 11.8 Å². The van der Waals surface area contributed by atoms with Crippen molar-refractivity contribution in [3.8, 4) is 22.8 Å². The molecule has 11 heteroatoms. The molecule has 45 heavy (non-hydrogen) atoms. The molecule has 1 aliphatic heterocycles. The number of methoxy groups -OCH3 is 2. The van der Waals surface area contributed by atoms with Crippen molar-refractivity contribution in [1.29, 1.82) is 0 Å². The van der Waals surface area contributed by atoms with Crippen LogP contribution in [0.5, 0.6) is 11.5 Å². The van der Waals surface area contributed by atoms with Gasteiger partial charge in [0.05, 0.1) is 25.9 Å². The van der Waals surface area contributed by atoms with Gasteiger partial charge in [-0.2, -0.15) is 0 Å². The molecule has 2 aromatic rings. The third-order valence-electron chi connectivity index (χ3n) is 10.7. The van der Waals surface area contributed by atoms with E-state index >= 15 is 0 Å². The first kappa shape index (κ1) is 33.1. The number of fused-ring (bicyclic) bond motifs is 3. The molecule has 1 aromatic heterocycles. The summed E-state index contributed by atoms with van der Waals surface area (Å²) in [6.07, 6.45) is -0.909. The standard InChI is InChI=1S/C34H45NO10/c1-10-31(5)17-25(37)34(39)32(6)26(13-14-30(3,4)28(32)27(43-19(2)36)29(38)33(34,7)45-31)42-18-21-16-22(35-44-21)20-11-12-23(40-8)24(15-20)41-9/h10-12,15-16,26-29,38-39H,1,13-14,17-18H2,2-9H3/t26-,27-,28-,29-,31-,32-,33+,34-/m0/s1. The number of carbonyl (C=O) groups is 2. The van der Waals surface area contributed by atoms with Crippen LogP contribution in [0.4, 0.5) is 0 Å². The molecule has 3 fully saturated rings. The molecule has 0 radical (unpaired) electrons. The minimum Gasteiger partial charge on any atom is -0.493 e. The van der Waals surface area contributed by atoms with E-state index in [0.29, 0.717) is 35.8 Å². The summed E-state index contributed by atoms with van der Waals surface area (Å²) >= 11 is 0. The van der Waals surface area contributed by atoms with Crippen LogP contribution in [0.25, 0.3) is 11.3 Å². The van der Waals surface area contributed by atoms with E-state index in [0.717, 1.165) is 5.56 Å². The van der Waals surface area contributed by atoms with E-state index in [-0.39, 0.29) is 13.0 Å². The molecule has 3 aliphatic rings. The molecule has 246 valence electrons. The van der Waals surface area contributed by atoms with Gasteiger partial charge in [0.15, 0.2) is 28.6 Å². The van der Waals surface area contributed by atoms with E-state index in [2.05, 4.69) is 11.7 Å². The molecule has 2 heterocycles. The highest BCUT2D eigenvalue weighted by molar-refractivity contribution is 5.92. The van der Waals surface area contributed by atoms with E-state index in [9.17, 15) is 19.8 Å². The van der Waals surface area contributed by atoms with Gasteiger partial charge < -0.3 is 38.4 Å². The molecule has 5 rings (SSSR count). The average molecular weight is 628 g/mol. The van der Waals surface area contributed by atoms with Crippen LogP contribution in [0.1, 0.15) is 66.6 Å². The number of aliphatic hydroxyl groups excluding tert-OH is 1. The number of carbonyl (C=O) groups excluding carboxylic acids is 2. The Labute approximate surface area is 263 Å². The van der Waals surface area contributed by atoms with E-state index < -0.39 is 63.6 Å². The van der Waals surface area contributed by atoms with Crippen molar-refractivity contribution < 1.29 is 48.0 Å². The zero-order valence-electron chi connectivity index (χ0n) is 27.3. The molecule has 0 bridgehead atoms. The van der Waals surface area contributed by atoms with Crippen molar-refractivity contribution in [1.82, 2.24) is 5.16 Å². The van der Waals surface area contributed by atoms with Gasteiger partial charge in [-0.3, -0.25) is 9.59 Å². The van der Waals surface area contributed by atoms with Gasteiger partial charge >= 0.3 is 5.97 Å². The summed E-state index contributed by atoms with van der Waals surface area (Å²) in [5.74, 6) is -0.207. The van der Waals surface area contributed by atoms with Gasteiger partial charge in [0.25, 0.3) is 0 Å². The molecule has 2 N–H and O–H groups in total. The quantitative estimate of drug-likeness (QED) is 0.317. The van der Waals surface area contributed by atoms with Crippen LogP contribution in [0, 0.1) is 16.7 Å². The van der Waals surface area contributed by atoms with Crippen LogP contribution >= 0.6 is 0 Å². The zero-order chi connectivity index (χ0) is 33.2. The molecule has 1 aromatic carbocycles. The monoisotopic (exact) mass is 627 g/mol. The van der Waals surface area contributed by atoms with Gasteiger partial charge in [-0.1, -0.05) is 32.0 Å². The number of ketones is 1. The lowest BCUT2D eigenvalue weighted by Crippen LogP contribution is -2.86. The van der Waals surface area contributed by atoms with Crippen LogP contribution in [0.15, 0.2) is 41.4 Å². The van der Waals surface area contributed by atoms with Crippen LogP contribution < -0.4 is 9.47 Å². The summed E-state index contributed by atoms with van der Waals surface area (Å²) in [7, 11) is 3.12. The Kier molecular flexibility index (Phi) is 8.26. The summed E-state index contributed by atoms with van der Waals surface area (Å²) in [6, 6.07) is 7.16. The first-order valence-electron chi connectivity index (χ1n) is 15.3. The highest BCUT2D eigenvalue weighted by atomic mass is 16.6. The van der Waals surface area contributed by atoms with E-state index in [1.807, 2.05) is 19.9 Å². The van der Waals surface area contributed by atoms with Crippen molar-refractivity contribution in [3.05, 3.63) is 42.7 Å². The summed E-state index contributed by atoms with van der Waals surface area (Å²) in [5.41, 5.74) is -5.86. The van der Waals surface area contributed by atoms with Crippen LogP contribution in [0.2, 0.25) is 0 Å². The highest BCUT2D eigenvalue weighted by Gasteiger charge is 2.81. The SMILES string of the molecule is C=C[C@@]1(C)CC(=O)[C@]2(O)[C@@]3(C)[C@@H](OCc4cc(-c5ccc(OC)c(OC)c5)no4)CCC(C)(C)[C@@H]3[C@H](OC(C)=O)[C@H](O)[C@@]2(C)O1. The molecule has 0 unspecified atom stereocenters. The number of hydrogen-bond acceptors (Lipinski definition) is 11. The van der Waals surface area contributed by atoms with Crippen LogP contribution in [-0.2, 0) is 30.4 Å². The zero-order valence-corrected chi connectivity index (χ0v) is 27.3. The fraction of sp³-hybridized carbons (Fsp3) is 0.618. The maximum atomic E-state index is 14.3. The normalized spacial score (nSPS) is 37.2. The van der Waals surface area contributed by atoms with E-state index in [1.165, 1.54) is 19.9 Å². The number of benzene rings is 1. The van der Waals surface area contributed by atoms with Crippen molar-refractivity contribution in [2.45, 2.75) is 103 Å². The predicted octanol–water partition coefficient (Wildman–Crippen LogP) is 4.42. The van der Waals surface area contributed by atoms with Crippen LogP contribution in [-0.4, -0.2) is 76.5 Å². The third-order valence-corrected chi connectivity index (χ3v) is 10.7. The van der Waals surface area contributed by atoms with E-state index in [1.54, 1.807) is 46.3 Å². The Morgan fingerprint density at radius 2 is 1.82 bits per heavy atom. The molecular formula is C34H45NO10. The molecular weight excluding hydrogens is 582 g/mol. The second-order valence-corrected chi connectivity index (χ2v) is 13.9. The Hall–Kier alpha value is -3.25. The molecule has 8 atom stereocenters. The van der Waals surface area contributed by atoms with Gasteiger partial charge in [0, 0.05) is 36.3 Å². The second-order valence-electron chi connectivity index (χ2n) is 13.9. The molecule has 1 saturated heterocycles. The fourth-order valence-electron chi connectivity index (χ4n) is 8.53. The van der Waals surface area contributed by atoms with Gasteiger partial charge in [0.2, 0.25) is 0 Å². The van der Waals surface area contributed by atoms with Gasteiger partial charge in [-0.25, -0.2) is 0 Å². The number of Topliss-reactive ketones (excluding diaryl/α,β-unsaturated/α-hetero) is 1. The number of ether oxygens (including phenoxy) is 5. The average Bonchev–Trinajstić information content (AvgIpc) is 3.46. The Morgan fingerprint density at radius 3 is 2.44 bits per heavy atom. The Morgan fingerprint density at radius 1 is 1.13 bits per heavy atom. The first-order valence-corrected chi connectivity index (χ1v) is 15.3. The minimum absolute atomic E-state index is 0.0132. The maximum Gasteiger partial charge on any atom is 0.303 e. The lowest BCUT2D eigenvalue weighted by atomic mass is 9.39. The maximum absolute atomic E-state index is 14.3. The minimum atomic E-state index is -2.21. The number of rotatable bonds is 8. The Bertz CT molecular complexity index is 1480. The Balaban J connectivity index is 1.54. The topological polar surface area (TPSA) is 147 Å². The number of esters is 1. The number of aliphatic hydroxyl groups is 2. The first-order chi connectivity index (χ1) is 21.0. The number of hydrogen-bond donors (Lipinski definition) is 2. The van der Waals surface area contributed by atoms with Gasteiger partial charge in [0.1, 0.15) is 30.1 Å². The van der Waals surface area contributed by atoms with Crippen LogP contribution in [0.3, 0.4) is 0 Å². The lowest BCUT2D eigenvalue weighted by Gasteiger charge is -2.71. The highest BCUT2D eigenvalue weighted by Crippen LogP contribution is 2.67. The largest absolute Gasteiger partial charge is 0.493 e. The summed E-state index contributed by atoms with van der Waals surface area (Å²) in [5, 5.41) is 28.9. The predicted molar refractivity (Wildman–Crippen MR) is 162 cm³/mol. The summed E-state index contributed by atoms with van der Waals surface area (Å²) in [6.45, 7) is 14.1. The summed E-state index contributed by atoms with van der Waals surface area (Å²) < 4.78 is 35.2. The smallest absolute Gasteiger partial charge is 0.303 e. The fourth-order valence-corrected chi connectivity index (χ4v) is 8.53. The molecule has 0 amide bonds. The van der Waals surface area contributed by atoms with Crippen molar-refractivity contribution in [3.63, 3.8) is 0 Å². The number of aromatic nitrogens is 1. The summed E-state index contributed by atoms with van der Waals surface area (Å²) in [4.78, 5) is 26.7. The molecule has 0 spiro atoms. The number of nitrogens with zero attached hydrogens (tertiary/aromatic N) is 1. The second kappa shape index (κ2) is 11.2. The van der Waals surface area contributed by atoms with Gasteiger partial charge in [-0.05, 0) is 50.3 Å². The van der Waals surface area contributed by atoms with E-state index in [4.69, 9.17) is 28.2 Å². The molecule has 2 aliphatic carbocycles. The lowest BCUT2D eigenvalue weighted by molar-refractivity contribution is -0.373. The third kappa shape index (κ3) is 4.90.